The molecule has 5 aromatic carbocycles. The van der Waals surface area contributed by atoms with E-state index in [4.69, 9.17) is 0 Å². The fourth-order valence-electron chi connectivity index (χ4n) is 5.83. The molecule has 4 heteroatoms. The molecule has 0 spiro atoms. The molecule has 0 N–H and O–H groups in total. The van der Waals surface area contributed by atoms with Crippen molar-refractivity contribution < 1.29 is 0 Å². The molecule has 0 amide bonds. The average Bonchev–Trinajstić information content (AvgIpc) is 3.32. The lowest BCUT2D eigenvalue weighted by atomic mass is 10.0. The topological polar surface area (TPSA) is 34.0 Å². The SMILES string of the molecule is Cc1cc(-c2ncccn2)cc(C)c1-n1c2ccccc2c2cc(N(c3ccccc3)c3ccccc3)ccc21. The molecule has 0 saturated carbocycles. The molecule has 0 bridgehead atoms. The first kappa shape index (κ1) is 23.9. The van der Waals surface area contributed by atoms with Crippen LogP contribution in [0.2, 0.25) is 0 Å². The highest BCUT2D eigenvalue weighted by Gasteiger charge is 2.19. The maximum absolute atomic E-state index is 4.48. The van der Waals surface area contributed by atoms with E-state index in [1.807, 2.05) is 6.07 Å². The molecule has 7 rings (SSSR count). The number of para-hydroxylation sites is 3. The Morgan fingerprint density at radius 3 is 1.75 bits per heavy atom. The standard InChI is InChI=1S/C36H28N4/c1-25-22-27(36-37-20-11-21-38-36)23-26(2)35(25)40-33-17-10-9-16-31(33)32-24-30(18-19-34(32)40)39(28-12-5-3-6-13-28)29-14-7-4-8-15-29/h3-24H,1-2H3. The number of nitrogens with zero attached hydrogens (tertiary/aromatic N) is 4. The Morgan fingerprint density at radius 1 is 0.525 bits per heavy atom. The van der Waals surface area contributed by atoms with E-state index in [-0.39, 0.29) is 0 Å². The van der Waals surface area contributed by atoms with Crippen molar-refractivity contribution in [2.75, 3.05) is 4.90 Å². The predicted molar refractivity (Wildman–Crippen MR) is 166 cm³/mol. The minimum atomic E-state index is 0.744. The number of hydrogen-bond donors (Lipinski definition) is 0. The minimum absolute atomic E-state index is 0.744. The lowest BCUT2D eigenvalue weighted by Crippen LogP contribution is -2.09. The second-order valence-corrected chi connectivity index (χ2v) is 10.1. The summed E-state index contributed by atoms with van der Waals surface area (Å²) in [4.78, 5) is 11.3. The summed E-state index contributed by atoms with van der Waals surface area (Å²) in [6.07, 6.45) is 3.58. The normalized spacial score (nSPS) is 11.2. The highest BCUT2D eigenvalue weighted by atomic mass is 15.1. The van der Waals surface area contributed by atoms with Crippen LogP contribution >= 0.6 is 0 Å². The number of fused-ring (bicyclic) bond motifs is 3. The van der Waals surface area contributed by atoms with Crippen molar-refractivity contribution in [2.24, 2.45) is 0 Å². The number of anilines is 3. The summed E-state index contributed by atoms with van der Waals surface area (Å²) in [6.45, 7) is 4.35. The van der Waals surface area contributed by atoms with Gasteiger partial charge in [-0.15, -0.1) is 0 Å². The summed E-state index contributed by atoms with van der Waals surface area (Å²) < 4.78 is 2.41. The summed E-state index contributed by atoms with van der Waals surface area (Å²) in [5.74, 6) is 0.744. The van der Waals surface area contributed by atoms with E-state index < -0.39 is 0 Å². The van der Waals surface area contributed by atoms with Crippen LogP contribution in [0.3, 0.4) is 0 Å². The molecule has 0 saturated heterocycles. The Labute approximate surface area is 233 Å². The highest BCUT2D eigenvalue weighted by molar-refractivity contribution is 6.11. The van der Waals surface area contributed by atoms with E-state index in [1.165, 1.54) is 38.6 Å². The number of aryl methyl sites for hydroxylation is 2. The quantitative estimate of drug-likeness (QED) is 0.229. The van der Waals surface area contributed by atoms with Gasteiger partial charge in [-0.2, -0.15) is 0 Å². The van der Waals surface area contributed by atoms with Crippen LogP contribution in [-0.4, -0.2) is 14.5 Å². The highest BCUT2D eigenvalue weighted by Crippen LogP contribution is 2.40. The van der Waals surface area contributed by atoms with Gasteiger partial charge in [-0.25, -0.2) is 9.97 Å². The molecule has 0 radical (unpaired) electrons. The molecular formula is C36H28N4. The minimum Gasteiger partial charge on any atom is -0.310 e. The van der Waals surface area contributed by atoms with E-state index in [9.17, 15) is 0 Å². The van der Waals surface area contributed by atoms with Crippen LogP contribution in [0, 0.1) is 13.8 Å². The van der Waals surface area contributed by atoms with Gasteiger partial charge in [0.05, 0.1) is 16.7 Å². The smallest absolute Gasteiger partial charge is 0.159 e. The van der Waals surface area contributed by atoms with Gasteiger partial charge in [0, 0.05) is 45.8 Å². The summed E-state index contributed by atoms with van der Waals surface area (Å²) in [5, 5.41) is 2.45. The second kappa shape index (κ2) is 9.83. The fraction of sp³-hybridized carbons (Fsp3) is 0.0556. The first-order valence-corrected chi connectivity index (χ1v) is 13.5. The Bertz CT molecular complexity index is 1900. The van der Waals surface area contributed by atoms with Crippen molar-refractivity contribution in [1.82, 2.24) is 14.5 Å². The molecule has 192 valence electrons. The average molecular weight is 517 g/mol. The number of rotatable bonds is 5. The summed E-state index contributed by atoms with van der Waals surface area (Å²) >= 11 is 0. The third kappa shape index (κ3) is 4.02. The number of aromatic nitrogens is 3. The summed E-state index contributed by atoms with van der Waals surface area (Å²) in [5.41, 5.74) is 10.3. The zero-order valence-corrected chi connectivity index (χ0v) is 22.5. The van der Waals surface area contributed by atoms with Crippen molar-refractivity contribution in [3.05, 3.63) is 145 Å². The van der Waals surface area contributed by atoms with E-state index in [0.717, 1.165) is 28.5 Å². The summed E-state index contributed by atoms with van der Waals surface area (Å²) in [7, 11) is 0. The first-order chi connectivity index (χ1) is 19.7. The van der Waals surface area contributed by atoms with Crippen LogP contribution in [0.5, 0.6) is 0 Å². The molecule has 2 aromatic heterocycles. The zero-order valence-electron chi connectivity index (χ0n) is 22.5. The molecule has 0 aliphatic heterocycles. The van der Waals surface area contributed by atoms with E-state index in [1.54, 1.807) is 12.4 Å². The van der Waals surface area contributed by atoms with Crippen molar-refractivity contribution in [1.29, 1.82) is 0 Å². The molecule has 0 fully saturated rings. The lowest BCUT2D eigenvalue weighted by Gasteiger charge is -2.25. The van der Waals surface area contributed by atoms with Crippen molar-refractivity contribution in [3.8, 4) is 17.1 Å². The van der Waals surface area contributed by atoms with Gasteiger partial charge in [0.2, 0.25) is 0 Å². The third-order valence-electron chi connectivity index (χ3n) is 7.48. The van der Waals surface area contributed by atoms with Gasteiger partial charge >= 0.3 is 0 Å². The van der Waals surface area contributed by atoms with Crippen LogP contribution in [0.4, 0.5) is 17.1 Å². The molecule has 40 heavy (non-hydrogen) atoms. The van der Waals surface area contributed by atoms with Gasteiger partial charge in [0.25, 0.3) is 0 Å². The molecule has 4 nitrogen and oxygen atoms in total. The van der Waals surface area contributed by atoms with E-state index in [2.05, 4.69) is 149 Å². The lowest BCUT2D eigenvalue weighted by molar-refractivity contribution is 1.11. The Morgan fingerprint density at radius 2 is 1.10 bits per heavy atom. The van der Waals surface area contributed by atoms with Crippen molar-refractivity contribution >= 4 is 38.9 Å². The second-order valence-electron chi connectivity index (χ2n) is 10.1. The van der Waals surface area contributed by atoms with Crippen LogP contribution in [0.25, 0.3) is 38.9 Å². The van der Waals surface area contributed by atoms with Gasteiger partial charge < -0.3 is 9.47 Å². The maximum Gasteiger partial charge on any atom is 0.159 e. The molecule has 0 aliphatic carbocycles. The van der Waals surface area contributed by atoms with E-state index >= 15 is 0 Å². The Kier molecular flexibility index (Phi) is 5.86. The predicted octanol–water partition coefficient (Wildman–Crippen LogP) is 9.33. The van der Waals surface area contributed by atoms with Gasteiger partial charge in [-0.1, -0.05) is 54.6 Å². The molecule has 0 unspecified atom stereocenters. The largest absolute Gasteiger partial charge is 0.310 e. The van der Waals surface area contributed by atoms with Crippen molar-refractivity contribution in [2.45, 2.75) is 13.8 Å². The summed E-state index contributed by atoms with van der Waals surface area (Å²) in [6, 6.07) is 42.8. The van der Waals surface area contributed by atoms with Crippen LogP contribution in [0.15, 0.2) is 134 Å². The molecule has 0 aliphatic rings. The molecule has 0 atom stereocenters. The van der Waals surface area contributed by atoms with Gasteiger partial charge in [0.1, 0.15) is 0 Å². The zero-order chi connectivity index (χ0) is 27.1. The first-order valence-electron chi connectivity index (χ1n) is 13.5. The number of benzene rings is 5. The van der Waals surface area contributed by atoms with Crippen LogP contribution in [0.1, 0.15) is 11.1 Å². The van der Waals surface area contributed by atoms with Gasteiger partial charge in [-0.3, -0.25) is 0 Å². The number of hydrogen-bond acceptors (Lipinski definition) is 3. The molecule has 2 heterocycles. The molecular weight excluding hydrogens is 488 g/mol. The monoisotopic (exact) mass is 516 g/mol. The maximum atomic E-state index is 4.48. The van der Waals surface area contributed by atoms with Gasteiger partial charge in [-0.05, 0) is 91.7 Å². The fourth-order valence-corrected chi connectivity index (χ4v) is 5.83. The van der Waals surface area contributed by atoms with Crippen LogP contribution in [-0.2, 0) is 0 Å². The Hall–Kier alpha value is -5.22. The molecule has 7 aromatic rings. The van der Waals surface area contributed by atoms with E-state index in [0.29, 0.717) is 0 Å². The van der Waals surface area contributed by atoms with Crippen molar-refractivity contribution in [3.63, 3.8) is 0 Å². The Balaban J connectivity index is 1.45. The van der Waals surface area contributed by atoms with Gasteiger partial charge in [0.15, 0.2) is 5.82 Å². The third-order valence-corrected chi connectivity index (χ3v) is 7.48. The van der Waals surface area contributed by atoms with Crippen LogP contribution < -0.4 is 4.90 Å².